The number of rotatable bonds is 7. The maximum absolute atomic E-state index is 12.4. The number of quaternary nitrogens is 1. The number of benzene rings is 1. The predicted octanol–water partition coefficient (Wildman–Crippen LogP) is 3.06. The molecule has 1 aromatic carbocycles. The first kappa shape index (κ1) is 20.2. The van der Waals surface area contributed by atoms with Gasteiger partial charge in [0.05, 0.1) is 17.1 Å². The number of amides is 1. The Balaban J connectivity index is 2.03. The molecule has 0 aliphatic heterocycles. The van der Waals surface area contributed by atoms with E-state index in [1.54, 1.807) is 4.68 Å². The fourth-order valence-corrected chi connectivity index (χ4v) is 3.28. The topological polar surface area (TPSA) is 63.5 Å². The van der Waals surface area contributed by atoms with E-state index in [4.69, 9.17) is 0 Å². The first-order valence-electron chi connectivity index (χ1n) is 9.44. The number of aryl methyl sites for hydroxylation is 2. The summed E-state index contributed by atoms with van der Waals surface area (Å²) in [4.78, 5) is 12.4. The Kier molecular flexibility index (Phi) is 6.59. The summed E-state index contributed by atoms with van der Waals surface area (Å²) in [7, 11) is 1.89. The minimum Gasteiger partial charge on any atom is -0.332 e. The van der Waals surface area contributed by atoms with Gasteiger partial charge in [-0.25, -0.2) is 0 Å². The standard InChI is InChI=1S/C21H32N4O/c1-13(2)17-8-10-18(11-9-17)20(14(3)4)22-12-19(26)23-21-15(5)24-25(7)16(21)6/h8-11,13-14,20,22H,12H2,1-7H3,(H,23,26)/p+1/t20-/m1/s1. The van der Waals surface area contributed by atoms with Crippen molar-refractivity contribution in [2.75, 3.05) is 11.9 Å². The Morgan fingerprint density at radius 3 is 2.15 bits per heavy atom. The zero-order chi connectivity index (χ0) is 19.4. The molecular weight excluding hydrogens is 324 g/mol. The van der Waals surface area contributed by atoms with E-state index >= 15 is 0 Å². The second kappa shape index (κ2) is 8.49. The maximum atomic E-state index is 12.4. The SMILES string of the molecule is Cc1nn(C)c(C)c1NC(=O)C[NH2+][C@@H](c1ccc(C(C)C)cc1)C(C)C. The molecule has 142 valence electrons. The largest absolute Gasteiger partial charge is 0.332 e. The Morgan fingerprint density at radius 2 is 1.69 bits per heavy atom. The zero-order valence-corrected chi connectivity index (χ0v) is 17.1. The highest BCUT2D eigenvalue weighted by atomic mass is 16.1. The van der Waals surface area contributed by atoms with Gasteiger partial charge >= 0.3 is 0 Å². The first-order chi connectivity index (χ1) is 12.2. The van der Waals surface area contributed by atoms with Gasteiger partial charge in [0, 0.05) is 18.5 Å². The van der Waals surface area contributed by atoms with E-state index in [0.29, 0.717) is 18.4 Å². The summed E-state index contributed by atoms with van der Waals surface area (Å²) in [5.74, 6) is 0.977. The lowest BCUT2D eigenvalue weighted by atomic mass is 9.93. The van der Waals surface area contributed by atoms with Crippen LogP contribution in [0.15, 0.2) is 24.3 Å². The number of nitrogens with zero attached hydrogens (tertiary/aromatic N) is 2. The van der Waals surface area contributed by atoms with E-state index in [0.717, 1.165) is 17.1 Å². The highest BCUT2D eigenvalue weighted by Crippen LogP contribution is 2.21. The summed E-state index contributed by atoms with van der Waals surface area (Å²) >= 11 is 0. The van der Waals surface area contributed by atoms with Crippen LogP contribution in [-0.2, 0) is 11.8 Å². The van der Waals surface area contributed by atoms with E-state index in [9.17, 15) is 4.79 Å². The van der Waals surface area contributed by atoms with Gasteiger partial charge in [0.1, 0.15) is 6.04 Å². The Morgan fingerprint density at radius 1 is 1.12 bits per heavy atom. The van der Waals surface area contributed by atoms with E-state index in [-0.39, 0.29) is 11.9 Å². The normalized spacial score (nSPS) is 12.7. The van der Waals surface area contributed by atoms with Gasteiger partial charge in [-0.1, -0.05) is 52.0 Å². The molecule has 26 heavy (non-hydrogen) atoms. The van der Waals surface area contributed by atoms with Crippen molar-refractivity contribution in [1.82, 2.24) is 9.78 Å². The van der Waals surface area contributed by atoms with Crippen LogP contribution >= 0.6 is 0 Å². The van der Waals surface area contributed by atoms with Gasteiger partial charge in [-0.05, 0) is 25.3 Å². The molecule has 0 saturated heterocycles. The molecule has 0 saturated carbocycles. The lowest BCUT2D eigenvalue weighted by Crippen LogP contribution is -2.88. The summed E-state index contributed by atoms with van der Waals surface area (Å²) in [6.07, 6.45) is 0. The first-order valence-corrected chi connectivity index (χ1v) is 9.44. The third-order valence-corrected chi connectivity index (χ3v) is 5.04. The average molecular weight is 358 g/mol. The van der Waals surface area contributed by atoms with Gasteiger partial charge < -0.3 is 10.6 Å². The summed E-state index contributed by atoms with van der Waals surface area (Å²) in [5, 5.41) is 9.49. The van der Waals surface area contributed by atoms with Crippen LogP contribution in [0.1, 0.15) is 62.2 Å². The lowest BCUT2D eigenvalue weighted by molar-refractivity contribution is -0.692. The number of carbonyl (C=O) groups is 1. The molecular formula is C21H33N4O+. The maximum Gasteiger partial charge on any atom is 0.279 e. The van der Waals surface area contributed by atoms with Crippen molar-refractivity contribution >= 4 is 11.6 Å². The van der Waals surface area contributed by atoms with Gasteiger partial charge in [-0.3, -0.25) is 9.48 Å². The molecule has 0 radical (unpaired) electrons. The molecule has 0 fully saturated rings. The predicted molar refractivity (Wildman–Crippen MR) is 106 cm³/mol. The fraction of sp³-hybridized carbons (Fsp3) is 0.524. The number of carbonyl (C=O) groups excluding carboxylic acids is 1. The second-order valence-corrected chi connectivity index (χ2v) is 7.75. The van der Waals surface area contributed by atoms with Gasteiger partial charge in [0.15, 0.2) is 6.54 Å². The number of hydrogen-bond acceptors (Lipinski definition) is 2. The molecule has 5 heteroatoms. The fourth-order valence-electron chi connectivity index (χ4n) is 3.28. The van der Waals surface area contributed by atoms with Crippen LogP contribution < -0.4 is 10.6 Å². The number of nitrogens with one attached hydrogen (secondary N) is 1. The highest BCUT2D eigenvalue weighted by Gasteiger charge is 2.21. The molecule has 0 aliphatic carbocycles. The van der Waals surface area contributed by atoms with Crippen molar-refractivity contribution in [3.8, 4) is 0 Å². The minimum absolute atomic E-state index is 0.00801. The molecule has 0 spiro atoms. The van der Waals surface area contributed by atoms with Crippen LogP contribution in [0, 0.1) is 19.8 Å². The van der Waals surface area contributed by atoms with Crippen molar-refractivity contribution in [2.45, 2.75) is 53.5 Å². The van der Waals surface area contributed by atoms with Crippen molar-refractivity contribution in [1.29, 1.82) is 0 Å². The van der Waals surface area contributed by atoms with Crippen LogP contribution in [0.4, 0.5) is 5.69 Å². The third kappa shape index (κ3) is 4.73. The molecule has 0 aliphatic rings. The van der Waals surface area contributed by atoms with E-state index < -0.39 is 0 Å². The van der Waals surface area contributed by atoms with Crippen LogP contribution in [-0.4, -0.2) is 22.2 Å². The number of nitrogens with two attached hydrogens (primary N) is 1. The number of aromatic nitrogens is 2. The van der Waals surface area contributed by atoms with Crippen molar-refractivity contribution < 1.29 is 10.1 Å². The summed E-state index contributed by atoms with van der Waals surface area (Å²) < 4.78 is 1.79. The molecule has 0 unspecified atom stereocenters. The second-order valence-electron chi connectivity index (χ2n) is 7.75. The van der Waals surface area contributed by atoms with Crippen LogP contribution in [0.3, 0.4) is 0 Å². The average Bonchev–Trinajstić information content (AvgIpc) is 2.81. The van der Waals surface area contributed by atoms with Crippen LogP contribution in [0.5, 0.6) is 0 Å². The Labute approximate surface area is 157 Å². The quantitative estimate of drug-likeness (QED) is 0.800. The molecule has 1 heterocycles. The third-order valence-electron chi connectivity index (χ3n) is 5.04. The smallest absolute Gasteiger partial charge is 0.279 e. The molecule has 2 aromatic rings. The monoisotopic (exact) mass is 357 g/mol. The zero-order valence-electron chi connectivity index (χ0n) is 17.1. The molecule has 1 amide bonds. The molecule has 1 aromatic heterocycles. The Bertz CT molecular complexity index is 744. The van der Waals surface area contributed by atoms with Gasteiger partial charge in [-0.15, -0.1) is 0 Å². The van der Waals surface area contributed by atoms with Crippen LogP contribution in [0.2, 0.25) is 0 Å². The number of anilines is 1. The minimum atomic E-state index is 0.00801. The summed E-state index contributed by atoms with van der Waals surface area (Å²) in [6.45, 7) is 13.1. The number of hydrogen-bond donors (Lipinski definition) is 2. The highest BCUT2D eigenvalue weighted by molar-refractivity contribution is 5.92. The van der Waals surface area contributed by atoms with E-state index in [2.05, 4.69) is 67.7 Å². The molecule has 2 rings (SSSR count). The molecule has 0 bridgehead atoms. The lowest BCUT2D eigenvalue weighted by Gasteiger charge is -2.20. The van der Waals surface area contributed by atoms with Crippen molar-refractivity contribution in [3.05, 3.63) is 46.8 Å². The van der Waals surface area contributed by atoms with Crippen molar-refractivity contribution in [3.63, 3.8) is 0 Å². The summed E-state index contributed by atoms with van der Waals surface area (Å²) in [5.41, 5.74) is 5.26. The molecule has 1 atom stereocenters. The molecule has 3 N–H and O–H groups in total. The van der Waals surface area contributed by atoms with Gasteiger partial charge in [0.25, 0.3) is 5.91 Å². The van der Waals surface area contributed by atoms with Crippen LogP contribution in [0.25, 0.3) is 0 Å². The summed E-state index contributed by atoms with van der Waals surface area (Å²) in [6, 6.07) is 9.06. The van der Waals surface area contributed by atoms with E-state index in [1.807, 2.05) is 20.9 Å². The van der Waals surface area contributed by atoms with Gasteiger partial charge in [0.2, 0.25) is 0 Å². The Hall–Kier alpha value is -2.14. The molecule has 5 nitrogen and oxygen atoms in total. The van der Waals surface area contributed by atoms with Gasteiger partial charge in [-0.2, -0.15) is 5.10 Å². The van der Waals surface area contributed by atoms with Crippen molar-refractivity contribution in [2.24, 2.45) is 13.0 Å². The van der Waals surface area contributed by atoms with E-state index in [1.165, 1.54) is 11.1 Å².